The van der Waals surface area contributed by atoms with E-state index in [4.69, 9.17) is 32.7 Å². The lowest BCUT2D eigenvalue weighted by molar-refractivity contribution is 0.238. The minimum absolute atomic E-state index is 0.0584. The predicted octanol–water partition coefficient (Wildman–Crippen LogP) is 4.83. The Bertz CT molecular complexity index is 705. The van der Waals surface area contributed by atoms with Gasteiger partial charge in [-0.1, -0.05) is 42.3 Å². The molecule has 1 unspecified atom stereocenters. The monoisotopic (exact) mass is 397 g/mol. The van der Waals surface area contributed by atoms with Crippen LogP contribution in [-0.4, -0.2) is 24.4 Å². The van der Waals surface area contributed by atoms with Crippen molar-refractivity contribution in [1.82, 2.24) is 5.32 Å². The molecule has 2 aromatic carbocycles. The number of aliphatic hydroxyl groups excluding tert-OH is 1. The standard InChI is InChI=1S/C20H25Cl2NO3/c1-3-17(12-24)23-11-15-9-18(22)20(19(10-15)25-4-2)26-13-14-6-5-7-16(21)8-14/h5-10,17,23-24H,3-4,11-13H2,1-2H3. The molecule has 2 aromatic rings. The van der Waals surface area contributed by atoms with Crippen LogP contribution in [-0.2, 0) is 13.2 Å². The highest BCUT2D eigenvalue weighted by molar-refractivity contribution is 6.32. The van der Waals surface area contributed by atoms with Crippen LogP contribution in [0.5, 0.6) is 11.5 Å². The van der Waals surface area contributed by atoms with E-state index in [0.717, 1.165) is 17.5 Å². The molecule has 0 fully saturated rings. The number of ether oxygens (including phenoxy) is 2. The number of nitrogens with one attached hydrogen (secondary N) is 1. The van der Waals surface area contributed by atoms with Crippen molar-refractivity contribution < 1.29 is 14.6 Å². The Morgan fingerprint density at radius 3 is 2.54 bits per heavy atom. The van der Waals surface area contributed by atoms with Crippen LogP contribution < -0.4 is 14.8 Å². The first-order valence-corrected chi connectivity index (χ1v) is 9.49. The van der Waals surface area contributed by atoms with Crippen molar-refractivity contribution in [1.29, 1.82) is 0 Å². The lowest BCUT2D eigenvalue weighted by Gasteiger charge is -2.17. The summed E-state index contributed by atoms with van der Waals surface area (Å²) < 4.78 is 11.6. The van der Waals surface area contributed by atoms with Crippen LogP contribution in [0.4, 0.5) is 0 Å². The molecule has 0 aliphatic heterocycles. The van der Waals surface area contributed by atoms with E-state index in [1.165, 1.54) is 0 Å². The van der Waals surface area contributed by atoms with Gasteiger partial charge in [0.25, 0.3) is 0 Å². The topological polar surface area (TPSA) is 50.7 Å². The van der Waals surface area contributed by atoms with Gasteiger partial charge in [-0.15, -0.1) is 0 Å². The van der Waals surface area contributed by atoms with Gasteiger partial charge in [0.15, 0.2) is 11.5 Å². The fraction of sp³-hybridized carbons (Fsp3) is 0.400. The van der Waals surface area contributed by atoms with Gasteiger partial charge in [-0.25, -0.2) is 0 Å². The number of benzene rings is 2. The minimum Gasteiger partial charge on any atom is -0.490 e. The van der Waals surface area contributed by atoms with Crippen LogP contribution in [0, 0.1) is 0 Å². The molecular formula is C20H25Cl2NO3. The van der Waals surface area contributed by atoms with Crippen LogP contribution in [0.25, 0.3) is 0 Å². The van der Waals surface area contributed by atoms with Crippen molar-refractivity contribution in [3.05, 3.63) is 57.6 Å². The third-order valence-corrected chi connectivity index (χ3v) is 4.47. The van der Waals surface area contributed by atoms with Gasteiger partial charge >= 0.3 is 0 Å². The Morgan fingerprint density at radius 1 is 1.08 bits per heavy atom. The summed E-state index contributed by atoms with van der Waals surface area (Å²) in [6, 6.07) is 11.3. The Kier molecular flexibility index (Phi) is 8.52. The molecule has 2 rings (SSSR count). The maximum atomic E-state index is 9.30. The molecule has 0 aliphatic carbocycles. The fourth-order valence-corrected chi connectivity index (χ4v) is 3.01. The SMILES string of the molecule is CCOc1cc(CNC(CC)CO)cc(Cl)c1OCc1cccc(Cl)c1. The maximum Gasteiger partial charge on any atom is 0.180 e. The highest BCUT2D eigenvalue weighted by atomic mass is 35.5. The lowest BCUT2D eigenvalue weighted by atomic mass is 10.1. The lowest BCUT2D eigenvalue weighted by Crippen LogP contribution is -2.31. The average molecular weight is 398 g/mol. The molecule has 0 radical (unpaired) electrons. The molecule has 142 valence electrons. The summed E-state index contributed by atoms with van der Waals surface area (Å²) in [6.07, 6.45) is 0.851. The zero-order valence-electron chi connectivity index (χ0n) is 15.1. The first-order chi connectivity index (χ1) is 12.6. The Labute approximate surface area is 165 Å². The van der Waals surface area contributed by atoms with Gasteiger partial charge in [-0.05, 0) is 48.7 Å². The van der Waals surface area contributed by atoms with Crippen molar-refractivity contribution in [3.8, 4) is 11.5 Å². The third-order valence-electron chi connectivity index (χ3n) is 3.95. The van der Waals surface area contributed by atoms with E-state index in [1.54, 1.807) is 0 Å². The summed E-state index contributed by atoms with van der Waals surface area (Å²) in [4.78, 5) is 0. The molecule has 0 amide bonds. The molecule has 6 heteroatoms. The molecule has 2 N–H and O–H groups in total. The van der Waals surface area contributed by atoms with Gasteiger partial charge in [-0.3, -0.25) is 0 Å². The summed E-state index contributed by atoms with van der Waals surface area (Å²) in [5.41, 5.74) is 1.93. The molecule has 0 aromatic heterocycles. The molecule has 0 saturated heterocycles. The van der Waals surface area contributed by atoms with Crippen LogP contribution in [0.1, 0.15) is 31.4 Å². The molecule has 1 atom stereocenters. The van der Waals surface area contributed by atoms with Crippen molar-refractivity contribution in [3.63, 3.8) is 0 Å². The maximum absolute atomic E-state index is 9.30. The zero-order valence-corrected chi connectivity index (χ0v) is 16.6. The van der Waals surface area contributed by atoms with Crippen LogP contribution in [0.2, 0.25) is 10.0 Å². The molecule has 0 spiro atoms. The van der Waals surface area contributed by atoms with Crippen molar-refractivity contribution in [2.75, 3.05) is 13.2 Å². The predicted molar refractivity (Wildman–Crippen MR) is 106 cm³/mol. The Hall–Kier alpha value is -1.46. The number of hydrogen-bond acceptors (Lipinski definition) is 4. The van der Waals surface area contributed by atoms with E-state index in [2.05, 4.69) is 5.32 Å². The van der Waals surface area contributed by atoms with Gasteiger partial charge in [0.2, 0.25) is 0 Å². The average Bonchev–Trinajstić information content (AvgIpc) is 2.62. The second kappa shape index (κ2) is 10.6. The van der Waals surface area contributed by atoms with Gasteiger partial charge < -0.3 is 19.9 Å². The smallest absolute Gasteiger partial charge is 0.180 e. The number of halogens is 2. The van der Waals surface area contributed by atoms with Crippen LogP contribution in [0.15, 0.2) is 36.4 Å². The van der Waals surface area contributed by atoms with Gasteiger partial charge in [0.1, 0.15) is 6.61 Å². The zero-order chi connectivity index (χ0) is 18.9. The minimum atomic E-state index is 0.0584. The van der Waals surface area contributed by atoms with Crippen LogP contribution in [0.3, 0.4) is 0 Å². The summed E-state index contributed by atoms with van der Waals surface area (Å²) in [7, 11) is 0. The summed E-state index contributed by atoms with van der Waals surface area (Å²) in [5.74, 6) is 1.13. The largest absolute Gasteiger partial charge is 0.490 e. The van der Waals surface area contributed by atoms with E-state index < -0.39 is 0 Å². The van der Waals surface area contributed by atoms with E-state index in [-0.39, 0.29) is 12.6 Å². The molecule has 0 heterocycles. The summed E-state index contributed by atoms with van der Waals surface area (Å²) >= 11 is 12.5. The summed E-state index contributed by atoms with van der Waals surface area (Å²) in [6.45, 7) is 5.49. The van der Waals surface area contributed by atoms with Crippen molar-refractivity contribution in [2.45, 2.75) is 39.5 Å². The highest BCUT2D eigenvalue weighted by Crippen LogP contribution is 2.37. The van der Waals surface area contributed by atoms with Gasteiger partial charge in [0.05, 0.1) is 18.2 Å². The normalized spacial score (nSPS) is 12.0. The van der Waals surface area contributed by atoms with Crippen molar-refractivity contribution >= 4 is 23.2 Å². The van der Waals surface area contributed by atoms with E-state index in [0.29, 0.717) is 41.3 Å². The Morgan fingerprint density at radius 2 is 1.88 bits per heavy atom. The third kappa shape index (κ3) is 6.06. The molecule has 0 bridgehead atoms. The molecular weight excluding hydrogens is 373 g/mol. The molecule has 0 saturated carbocycles. The number of rotatable bonds is 10. The quantitative estimate of drug-likeness (QED) is 0.602. The first kappa shape index (κ1) is 20.8. The summed E-state index contributed by atoms with van der Waals surface area (Å²) in [5, 5.41) is 13.7. The Balaban J connectivity index is 2.14. The van der Waals surface area contributed by atoms with Gasteiger partial charge in [-0.2, -0.15) is 0 Å². The second-order valence-corrected chi connectivity index (χ2v) is 6.77. The van der Waals surface area contributed by atoms with E-state index >= 15 is 0 Å². The molecule has 26 heavy (non-hydrogen) atoms. The molecule has 4 nitrogen and oxygen atoms in total. The van der Waals surface area contributed by atoms with Gasteiger partial charge in [0, 0.05) is 17.6 Å². The number of hydrogen-bond donors (Lipinski definition) is 2. The van der Waals surface area contributed by atoms with Crippen LogP contribution >= 0.6 is 23.2 Å². The highest BCUT2D eigenvalue weighted by Gasteiger charge is 2.14. The molecule has 0 aliphatic rings. The second-order valence-electron chi connectivity index (χ2n) is 5.93. The fourth-order valence-electron chi connectivity index (χ4n) is 2.51. The van der Waals surface area contributed by atoms with E-state index in [1.807, 2.05) is 50.2 Å². The number of aliphatic hydroxyl groups is 1. The van der Waals surface area contributed by atoms with E-state index in [9.17, 15) is 5.11 Å². The van der Waals surface area contributed by atoms with Crippen molar-refractivity contribution in [2.24, 2.45) is 0 Å². The first-order valence-electron chi connectivity index (χ1n) is 8.74.